The minimum absolute atomic E-state index is 0.333. The van der Waals surface area contributed by atoms with Crippen molar-refractivity contribution in [3.05, 3.63) is 36.0 Å². The highest BCUT2D eigenvalue weighted by atomic mass is 16.4. The molecular weight excluding hydrogens is 262 g/mol. The van der Waals surface area contributed by atoms with Crippen LogP contribution in [0.15, 0.2) is 30.5 Å². The van der Waals surface area contributed by atoms with Gasteiger partial charge in [0.25, 0.3) is 5.91 Å². The zero-order valence-electron chi connectivity index (χ0n) is 10.4. The predicted octanol–water partition coefficient (Wildman–Crippen LogP) is 0.226. The maximum atomic E-state index is 12.1. The van der Waals surface area contributed by atoms with Gasteiger partial charge in [0.05, 0.1) is 6.42 Å². The Morgan fingerprint density at radius 3 is 2.70 bits per heavy atom. The largest absolute Gasteiger partial charge is 0.480 e. The molecule has 1 aromatic carbocycles. The first-order chi connectivity index (χ1) is 9.49. The number of amides is 2. The summed E-state index contributed by atoms with van der Waals surface area (Å²) >= 11 is 0. The number of benzene rings is 1. The molecule has 5 N–H and O–H groups in total. The Labute approximate surface area is 113 Å². The smallest absolute Gasteiger partial charge is 0.326 e. The van der Waals surface area contributed by atoms with Crippen molar-refractivity contribution in [1.82, 2.24) is 10.3 Å². The highest BCUT2D eigenvalue weighted by Crippen LogP contribution is 2.17. The van der Waals surface area contributed by atoms with E-state index in [1.54, 1.807) is 30.5 Å². The van der Waals surface area contributed by atoms with Gasteiger partial charge >= 0.3 is 5.97 Å². The third kappa shape index (κ3) is 2.77. The molecule has 104 valence electrons. The number of hydrogen-bond acceptors (Lipinski definition) is 3. The van der Waals surface area contributed by atoms with Crippen LogP contribution in [0.25, 0.3) is 10.9 Å². The first-order valence-electron chi connectivity index (χ1n) is 5.87. The van der Waals surface area contributed by atoms with Crippen LogP contribution in [0.1, 0.15) is 16.8 Å². The number of carbonyl (C=O) groups is 3. The topological polar surface area (TPSA) is 125 Å². The van der Waals surface area contributed by atoms with Gasteiger partial charge in [-0.15, -0.1) is 0 Å². The summed E-state index contributed by atoms with van der Waals surface area (Å²) in [6.45, 7) is 0. The fourth-order valence-corrected chi connectivity index (χ4v) is 1.92. The number of carboxylic acids is 1. The van der Waals surface area contributed by atoms with Crippen LogP contribution < -0.4 is 11.1 Å². The van der Waals surface area contributed by atoms with E-state index >= 15 is 0 Å². The molecule has 0 spiro atoms. The molecule has 0 saturated carbocycles. The Balaban J connectivity index is 2.24. The number of carbonyl (C=O) groups excluding carboxylic acids is 2. The van der Waals surface area contributed by atoms with Gasteiger partial charge in [0, 0.05) is 22.7 Å². The Morgan fingerprint density at radius 1 is 1.30 bits per heavy atom. The van der Waals surface area contributed by atoms with Crippen molar-refractivity contribution in [2.24, 2.45) is 5.73 Å². The number of aromatic amines is 1. The van der Waals surface area contributed by atoms with E-state index in [-0.39, 0.29) is 0 Å². The number of carboxylic acid groups (broad SMARTS) is 1. The van der Waals surface area contributed by atoms with E-state index < -0.39 is 30.2 Å². The number of aliphatic carboxylic acids is 1. The zero-order valence-corrected chi connectivity index (χ0v) is 10.4. The van der Waals surface area contributed by atoms with Crippen LogP contribution in [0.2, 0.25) is 0 Å². The van der Waals surface area contributed by atoms with E-state index in [4.69, 9.17) is 10.8 Å². The lowest BCUT2D eigenvalue weighted by atomic mass is 10.1. The lowest BCUT2D eigenvalue weighted by molar-refractivity contribution is -0.140. The van der Waals surface area contributed by atoms with Gasteiger partial charge in [0.15, 0.2) is 0 Å². The molecule has 1 unspecified atom stereocenters. The van der Waals surface area contributed by atoms with E-state index in [1.807, 2.05) is 0 Å². The van der Waals surface area contributed by atoms with Crippen molar-refractivity contribution in [1.29, 1.82) is 0 Å². The number of nitrogens with one attached hydrogen (secondary N) is 2. The zero-order chi connectivity index (χ0) is 14.7. The molecule has 7 nitrogen and oxygen atoms in total. The van der Waals surface area contributed by atoms with E-state index in [0.29, 0.717) is 10.9 Å². The first kappa shape index (κ1) is 13.6. The molecule has 2 amide bonds. The van der Waals surface area contributed by atoms with Crippen molar-refractivity contribution < 1.29 is 19.5 Å². The molecule has 20 heavy (non-hydrogen) atoms. The van der Waals surface area contributed by atoms with Gasteiger partial charge in [0.2, 0.25) is 5.91 Å². The van der Waals surface area contributed by atoms with Crippen molar-refractivity contribution in [2.45, 2.75) is 12.5 Å². The highest BCUT2D eigenvalue weighted by Gasteiger charge is 2.23. The van der Waals surface area contributed by atoms with Crippen molar-refractivity contribution >= 4 is 28.7 Å². The lowest BCUT2D eigenvalue weighted by Gasteiger charge is -2.13. The number of hydrogen-bond donors (Lipinski definition) is 4. The number of nitrogens with two attached hydrogens (primary N) is 1. The van der Waals surface area contributed by atoms with Crippen LogP contribution in [0.4, 0.5) is 0 Å². The third-order valence-electron chi connectivity index (χ3n) is 2.85. The molecule has 0 fully saturated rings. The van der Waals surface area contributed by atoms with Gasteiger partial charge in [-0.2, -0.15) is 0 Å². The van der Waals surface area contributed by atoms with E-state index in [9.17, 15) is 14.4 Å². The summed E-state index contributed by atoms with van der Waals surface area (Å²) in [5.41, 5.74) is 6.06. The van der Waals surface area contributed by atoms with Crippen LogP contribution >= 0.6 is 0 Å². The summed E-state index contributed by atoms with van der Waals surface area (Å²) in [5.74, 6) is -2.67. The van der Waals surface area contributed by atoms with Crippen LogP contribution in [0, 0.1) is 0 Å². The minimum atomic E-state index is -1.34. The van der Waals surface area contributed by atoms with E-state index in [1.165, 1.54) is 0 Å². The molecule has 0 saturated heterocycles. The van der Waals surface area contributed by atoms with Gasteiger partial charge < -0.3 is 21.1 Å². The number of primary amides is 1. The molecule has 2 rings (SSSR count). The fraction of sp³-hybridized carbons (Fsp3) is 0.154. The second-order valence-corrected chi connectivity index (χ2v) is 4.28. The molecule has 7 heteroatoms. The SMILES string of the molecule is NC(=O)CC(NC(=O)c1cccc2[nH]ccc12)C(=O)O. The second-order valence-electron chi connectivity index (χ2n) is 4.28. The predicted molar refractivity (Wildman–Crippen MR) is 71.0 cm³/mol. The molecular formula is C13H13N3O4. The summed E-state index contributed by atoms with van der Waals surface area (Å²) in [4.78, 5) is 36.9. The average molecular weight is 275 g/mol. The number of H-pyrrole nitrogens is 1. The fourth-order valence-electron chi connectivity index (χ4n) is 1.92. The van der Waals surface area contributed by atoms with Crippen LogP contribution in [0.3, 0.4) is 0 Å². The van der Waals surface area contributed by atoms with Crippen LogP contribution in [-0.4, -0.2) is 33.9 Å². The highest BCUT2D eigenvalue weighted by molar-refractivity contribution is 6.07. The number of rotatable bonds is 5. The van der Waals surface area contributed by atoms with Crippen molar-refractivity contribution in [2.75, 3.05) is 0 Å². The minimum Gasteiger partial charge on any atom is -0.480 e. The summed E-state index contributed by atoms with van der Waals surface area (Å²) in [7, 11) is 0. The second kappa shape index (κ2) is 5.43. The molecule has 0 aliphatic carbocycles. The van der Waals surface area contributed by atoms with Crippen LogP contribution in [-0.2, 0) is 9.59 Å². The number of fused-ring (bicyclic) bond motifs is 1. The Kier molecular flexibility index (Phi) is 3.69. The normalized spacial score (nSPS) is 12.0. The molecule has 2 aromatic rings. The van der Waals surface area contributed by atoms with Gasteiger partial charge in [-0.05, 0) is 18.2 Å². The van der Waals surface area contributed by atoms with E-state index in [0.717, 1.165) is 5.52 Å². The first-order valence-corrected chi connectivity index (χ1v) is 5.87. The molecule has 1 atom stereocenters. The van der Waals surface area contributed by atoms with Gasteiger partial charge in [-0.3, -0.25) is 9.59 Å². The maximum absolute atomic E-state index is 12.1. The lowest BCUT2D eigenvalue weighted by Crippen LogP contribution is -2.43. The molecule has 0 aliphatic rings. The van der Waals surface area contributed by atoms with Gasteiger partial charge in [-0.1, -0.05) is 6.07 Å². The molecule has 1 heterocycles. The Morgan fingerprint density at radius 2 is 2.05 bits per heavy atom. The standard InChI is InChI=1S/C13H13N3O4/c14-11(17)6-10(13(19)20)16-12(18)8-2-1-3-9-7(8)4-5-15-9/h1-5,10,15H,6H2,(H2,14,17)(H,16,18)(H,19,20). The van der Waals surface area contributed by atoms with Gasteiger partial charge in [0.1, 0.15) is 6.04 Å². The summed E-state index contributed by atoms with van der Waals surface area (Å²) in [6, 6.07) is 5.43. The van der Waals surface area contributed by atoms with Crippen LogP contribution in [0.5, 0.6) is 0 Å². The molecule has 0 aliphatic heterocycles. The summed E-state index contributed by atoms with van der Waals surface area (Å²) in [6.07, 6.45) is 1.23. The maximum Gasteiger partial charge on any atom is 0.326 e. The number of aromatic nitrogens is 1. The van der Waals surface area contributed by atoms with E-state index in [2.05, 4.69) is 10.3 Å². The van der Waals surface area contributed by atoms with Crippen molar-refractivity contribution in [3.63, 3.8) is 0 Å². The van der Waals surface area contributed by atoms with Crippen molar-refractivity contribution in [3.8, 4) is 0 Å². The molecule has 1 aromatic heterocycles. The monoisotopic (exact) mass is 275 g/mol. The summed E-state index contributed by atoms with van der Waals surface area (Å²) in [5, 5.41) is 11.9. The third-order valence-corrected chi connectivity index (χ3v) is 2.85. The Hall–Kier alpha value is -2.83. The molecule has 0 radical (unpaired) electrons. The Bertz CT molecular complexity index is 677. The quantitative estimate of drug-likeness (QED) is 0.623. The van der Waals surface area contributed by atoms with Gasteiger partial charge in [-0.25, -0.2) is 4.79 Å². The average Bonchev–Trinajstić information content (AvgIpc) is 2.84. The summed E-state index contributed by atoms with van der Waals surface area (Å²) < 4.78 is 0. The molecule has 0 bridgehead atoms.